The average molecular weight is 418 g/mol. The molecule has 27 heavy (non-hydrogen) atoms. The molecule has 2 aromatic carbocycles. The van der Waals surface area contributed by atoms with E-state index in [2.05, 4.69) is 34.3 Å². The third-order valence-corrected chi connectivity index (χ3v) is 5.67. The molecule has 7 heteroatoms. The number of aryl methyl sites for hydroxylation is 1. The summed E-state index contributed by atoms with van der Waals surface area (Å²) in [7, 11) is 0. The quantitative estimate of drug-likeness (QED) is 0.411. The van der Waals surface area contributed by atoms with Gasteiger partial charge in [-0.25, -0.2) is 9.97 Å². The van der Waals surface area contributed by atoms with Crippen molar-refractivity contribution >= 4 is 46.6 Å². The number of hydrogen-bond donors (Lipinski definition) is 1. The predicted octanol–water partition coefficient (Wildman–Crippen LogP) is 5.94. The number of benzene rings is 2. The summed E-state index contributed by atoms with van der Waals surface area (Å²) in [5.74, 6) is 0.313. The molecule has 0 bridgehead atoms. The molecule has 0 aliphatic carbocycles. The van der Waals surface area contributed by atoms with Crippen LogP contribution in [0.2, 0.25) is 10.0 Å². The predicted molar refractivity (Wildman–Crippen MR) is 112 cm³/mol. The van der Waals surface area contributed by atoms with Crippen molar-refractivity contribution in [2.45, 2.75) is 24.8 Å². The molecule has 138 valence electrons. The first kappa shape index (κ1) is 19.7. The number of carbonyl (C=O) groups is 1. The number of thioether (sulfide) groups is 1. The Bertz CT molecular complexity index is 995. The van der Waals surface area contributed by atoms with E-state index < -0.39 is 5.91 Å². The molecule has 0 fully saturated rings. The molecule has 1 N–H and O–H groups in total. The van der Waals surface area contributed by atoms with Crippen LogP contribution in [0.1, 0.15) is 27.2 Å². The summed E-state index contributed by atoms with van der Waals surface area (Å²) in [5, 5.41) is 4.09. The highest BCUT2D eigenvalue weighted by atomic mass is 35.5. The van der Waals surface area contributed by atoms with Gasteiger partial charge in [-0.1, -0.05) is 65.3 Å². The lowest BCUT2D eigenvalue weighted by Crippen LogP contribution is -2.16. The first-order chi connectivity index (χ1) is 13.0. The Morgan fingerprint density at radius 3 is 2.63 bits per heavy atom. The van der Waals surface area contributed by atoms with Crippen LogP contribution in [0.15, 0.2) is 53.8 Å². The topological polar surface area (TPSA) is 54.9 Å². The second-order valence-electron chi connectivity index (χ2n) is 5.93. The first-order valence-corrected chi connectivity index (χ1v) is 9.96. The highest BCUT2D eigenvalue weighted by Crippen LogP contribution is 2.26. The zero-order valence-corrected chi connectivity index (χ0v) is 17.1. The minimum absolute atomic E-state index is 0.137. The van der Waals surface area contributed by atoms with Gasteiger partial charge in [0.15, 0.2) is 10.9 Å². The van der Waals surface area contributed by atoms with Crippen molar-refractivity contribution in [1.82, 2.24) is 9.97 Å². The molecule has 0 unspecified atom stereocenters. The number of hydrogen-bond acceptors (Lipinski definition) is 4. The first-order valence-electron chi connectivity index (χ1n) is 8.22. The summed E-state index contributed by atoms with van der Waals surface area (Å²) < 4.78 is 0. The van der Waals surface area contributed by atoms with Gasteiger partial charge in [0.1, 0.15) is 0 Å². The SMILES string of the molecule is Cc1ccccc1CSc1ncc(Cl)c(C(=O)Nc2cccc(Cl)c2C)n1. The summed E-state index contributed by atoms with van der Waals surface area (Å²) in [6.07, 6.45) is 1.45. The molecule has 0 saturated heterocycles. The van der Waals surface area contributed by atoms with Crippen molar-refractivity contribution in [3.05, 3.63) is 81.1 Å². The maximum Gasteiger partial charge on any atom is 0.275 e. The van der Waals surface area contributed by atoms with Gasteiger partial charge in [-0.15, -0.1) is 0 Å². The number of rotatable bonds is 5. The zero-order valence-electron chi connectivity index (χ0n) is 14.8. The zero-order chi connectivity index (χ0) is 19.4. The molecule has 0 aliphatic heterocycles. The van der Waals surface area contributed by atoms with Crippen LogP contribution in [-0.4, -0.2) is 15.9 Å². The molecule has 1 amide bonds. The standard InChI is InChI=1S/C20H17Cl2N3OS/c1-12-6-3-4-7-14(12)11-27-20-23-10-16(22)18(25-20)19(26)24-17-9-5-8-15(21)13(17)2/h3-10H,11H2,1-2H3,(H,24,26). The number of anilines is 1. The summed E-state index contributed by atoms with van der Waals surface area (Å²) in [6, 6.07) is 13.4. The number of nitrogens with one attached hydrogen (secondary N) is 1. The Labute approximate surface area is 172 Å². The highest BCUT2D eigenvalue weighted by molar-refractivity contribution is 7.98. The van der Waals surface area contributed by atoms with E-state index in [0.717, 1.165) is 5.56 Å². The molecule has 1 aromatic heterocycles. The normalized spacial score (nSPS) is 10.7. The number of aromatic nitrogens is 2. The van der Waals surface area contributed by atoms with Crippen LogP contribution in [0.3, 0.4) is 0 Å². The summed E-state index contributed by atoms with van der Waals surface area (Å²) in [4.78, 5) is 21.2. The van der Waals surface area contributed by atoms with E-state index in [1.54, 1.807) is 18.2 Å². The lowest BCUT2D eigenvalue weighted by Gasteiger charge is -2.10. The third kappa shape index (κ3) is 4.80. The molecule has 4 nitrogen and oxygen atoms in total. The smallest absolute Gasteiger partial charge is 0.275 e. The Kier molecular flexibility index (Phi) is 6.37. The second-order valence-corrected chi connectivity index (χ2v) is 7.69. The van der Waals surface area contributed by atoms with Gasteiger partial charge in [0, 0.05) is 16.5 Å². The van der Waals surface area contributed by atoms with Crippen molar-refractivity contribution in [2.75, 3.05) is 5.32 Å². The lowest BCUT2D eigenvalue weighted by molar-refractivity contribution is 0.102. The second kappa shape index (κ2) is 8.74. The van der Waals surface area contributed by atoms with Crippen molar-refractivity contribution in [3.8, 4) is 0 Å². The summed E-state index contributed by atoms with van der Waals surface area (Å²) in [6.45, 7) is 3.90. The Morgan fingerprint density at radius 1 is 1.07 bits per heavy atom. The van der Waals surface area contributed by atoms with E-state index in [1.807, 2.05) is 19.1 Å². The Balaban J connectivity index is 1.77. The maximum atomic E-state index is 12.6. The number of nitrogens with zero attached hydrogens (tertiary/aromatic N) is 2. The fourth-order valence-electron chi connectivity index (χ4n) is 2.42. The van der Waals surface area contributed by atoms with E-state index >= 15 is 0 Å². The van der Waals surface area contributed by atoms with Crippen LogP contribution in [0.4, 0.5) is 5.69 Å². The van der Waals surface area contributed by atoms with E-state index in [-0.39, 0.29) is 10.7 Å². The van der Waals surface area contributed by atoms with Gasteiger partial charge in [0.05, 0.1) is 11.2 Å². The molecule has 0 spiro atoms. The van der Waals surface area contributed by atoms with Crippen molar-refractivity contribution in [3.63, 3.8) is 0 Å². The summed E-state index contributed by atoms with van der Waals surface area (Å²) >= 11 is 13.7. The molecule has 0 radical (unpaired) electrons. The van der Waals surface area contributed by atoms with Crippen LogP contribution in [0.25, 0.3) is 0 Å². The minimum atomic E-state index is -0.398. The largest absolute Gasteiger partial charge is 0.320 e. The maximum absolute atomic E-state index is 12.6. The Morgan fingerprint density at radius 2 is 1.85 bits per heavy atom. The van der Waals surface area contributed by atoms with Gasteiger partial charge in [-0.05, 0) is 42.7 Å². The van der Waals surface area contributed by atoms with Gasteiger partial charge < -0.3 is 5.32 Å². The molecular formula is C20H17Cl2N3OS. The van der Waals surface area contributed by atoms with Crippen LogP contribution >= 0.6 is 35.0 Å². The van der Waals surface area contributed by atoms with Crippen molar-refractivity contribution in [2.24, 2.45) is 0 Å². The molecule has 0 atom stereocenters. The van der Waals surface area contributed by atoms with Gasteiger partial charge >= 0.3 is 0 Å². The summed E-state index contributed by atoms with van der Waals surface area (Å²) in [5.41, 5.74) is 3.94. The lowest BCUT2D eigenvalue weighted by atomic mass is 10.1. The van der Waals surface area contributed by atoms with Gasteiger partial charge in [0.2, 0.25) is 0 Å². The number of amides is 1. The van der Waals surface area contributed by atoms with Gasteiger partial charge in [-0.2, -0.15) is 0 Å². The van der Waals surface area contributed by atoms with E-state index in [9.17, 15) is 4.79 Å². The van der Waals surface area contributed by atoms with Crippen molar-refractivity contribution < 1.29 is 4.79 Å². The minimum Gasteiger partial charge on any atom is -0.320 e. The monoisotopic (exact) mass is 417 g/mol. The Hall–Kier alpha value is -2.08. The van der Waals surface area contributed by atoms with Crippen LogP contribution in [0, 0.1) is 13.8 Å². The van der Waals surface area contributed by atoms with Gasteiger partial charge in [0.25, 0.3) is 5.91 Å². The van der Waals surface area contributed by atoms with Gasteiger partial charge in [-0.3, -0.25) is 4.79 Å². The van der Waals surface area contributed by atoms with Crippen LogP contribution in [-0.2, 0) is 5.75 Å². The fourth-order valence-corrected chi connectivity index (χ4v) is 3.66. The molecular weight excluding hydrogens is 401 g/mol. The van der Waals surface area contributed by atoms with E-state index in [4.69, 9.17) is 23.2 Å². The highest BCUT2D eigenvalue weighted by Gasteiger charge is 2.16. The van der Waals surface area contributed by atoms with E-state index in [0.29, 0.717) is 21.6 Å². The number of carbonyl (C=O) groups excluding carboxylic acids is 1. The molecule has 0 aliphatic rings. The molecule has 1 heterocycles. The molecule has 3 aromatic rings. The van der Waals surface area contributed by atoms with Crippen LogP contribution < -0.4 is 5.32 Å². The average Bonchev–Trinajstić information content (AvgIpc) is 2.66. The number of halogens is 2. The fraction of sp³-hybridized carbons (Fsp3) is 0.150. The van der Waals surface area contributed by atoms with Crippen molar-refractivity contribution in [1.29, 1.82) is 0 Å². The van der Waals surface area contributed by atoms with E-state index in [1.165, 1.54) is 29.1 Å². The third-order valence-electron chi connectivity index (χ3n) is 4.07. The molecule has 3 rings (SSSR count). The molecule has 0 saturated carbocycles. The van der Waals surface area contributed by atoms with Crippen LogP contribution in [0.5, 0.6) is 0 Å².